The van der Waals surface area contributed by atoms with Crippen LogP contribution in [-0.2, 0) is 0 Å². The fourth-order valence-corrected chi connectivity index (χ4v) is 9.47. The summed E-state index contributed by atoms with van der Waals surface area (Å²) in [5.41, 5.74) is 11.3. The average molecular weight is 783 g/mol. The van der Waals surface area contributed by atoms with Crippen molar-refractivity contribution in [3.05, 3.63) is 206 Å². The fourth-order valence-electron chi connectivity index (χ4n) is 9.47. The van der Waals surface area contributed by atoms with Crippen LogP contribution in [0, 0.1) is 0 Å². The quantitative estimate of drug-likeness (QED) is 0.157. The maximum absolute atomic E-state index is 7.02. The topological polar surface area (TPSA) is 45.9 Å². The Kier molecular flexibility index (Phi) is 7.24. The van der Waals surface area contributed by atoms with Gasteiger partial charge < -0.3 is 23.1 Å². The zero-order valence-electron chi connectivity index (χ0n) is 32.7. The second-order valence-corrected chi connectivity index (χ2v) is 15.7. The number of furan rings is 3. The standard InChI is InChI=1S/C56H34N2O3/c1-3-13-35(14-4-1)57(38-23-27-44-42-18-9-11-21-50(42)59-52(44)32-38)37-25-29-47-49(31-37)41-17-7-8-20-46(41)55-48-30-26-40(34-54(48)61-56(47)55)58(36-15-5-2-6-16-36)39-24-28-45-43-19-10-12-22-51(43)60-53(45)33-39/h1-34H. The van der Waals surface area contributed by atoms with Gasteiger partial charge in [0.15, 0.2) is 0 Å². The Morgan fingerprint density at radius 1 is 0.230 bits per heavy atom. The Morgan fingerprint density at radius 3 is 1.16 bits per heavy atom. The molecule has 0 fully saturated rings. The van der Waals surface area contributed by atoms with Crippen molar-refractivity contribution in [2.45, 2.75) is 0 Å². The van der Waals surface area contributed by atoms with E-state index in [2.05, 4.69) is 186 Å². The summed E-state index contributed by atoms with van der Waals surface area (Å²) >= 11 is 0. The van der Waals surface area contributed by atoms with E-state index in [-0.39, 0.29) is 0 Å². The molecule has 286 valence electrons. The molecule has 0 aliphatic carbocycles. The third-order valence-corrected chi connectivity index (χ3v) is 12.2. The van der Waals surface area contributed by atoms with E-state index in [1.165, 1.54) is 5.39 Å². The monoisotopic (exact) mass is 782 g/mol. The molecule has 5 nitrogen and oxygen atoms in total. The van der Waals surface area contributed by atoms with Crippen LogP contribution < -0.4 is 9.80 Å². The zero-order chi connectivity index (χ0) is 40.0. The SMILES string of the molecule is c1ccc(N(c2ccc3c(c2)oc2ccccc23)c2ccc3c(c2)oc2c4ccc(N(c5ccccc5)c5ccc6c(c5)oc5ccccc56)cc4c4ccccc4c32)cc1. The first-order valence-electron chi connectivity index (χ1n) is 20.6. The van der Waals surface area contributed by atoms with E-state index in [0.29, 0.717) is 0 Å². The summed E-state index contributed by atoms with van der Waals surface area (Å²) in [7, 11) is 0. The summed E-state index contributed by atoms with van der Waals surface area (Å²) in [6.45, 7) is 0. The molecule has 0 unspecified atom stereocenters. The molecule has 0 aliphatic rings. The molecule has 0 saturated carbocycles. The van der Waals surface area contributed by atoms with E-state index in [4.69, 9.17) is 13.3 Å². The van der Waals surface area contributed by atoms with E-state index in [0.717, 1.165) is 116 Å². The zero-order valence-corrected chi connectivity index (χ0v) is 32.7. The van der Waals surface area contributed by atoms with Crippen LogP contribution in [0.1, 0.15) is 0 Å². The number of fused-ring (bicyclic) bond motifs is 14. The number of benzene rings is 10. The lowest BCUT2D eigenvalue weighted by molar-refractivity contribution is 0.668. The number of nitrogens with zero attached hydrogens (tertiary/aromatic N) is 2. The first kappa shape index (κ1) is 33.7. The molecule has 13 rings (SSSR count). The van der Waals surface area contributed by atoms with Crippen molar-refractivity contribution in [3.63, 3.8) is 0 Å². The van der Waals surface area contributed by atoms with Crippen LogP contribution in [0.2, 0.25) is 0 Å². The molecule has 0 bridgehead atoms. The molecule has 0 saturated heterocycles. The van der Waals surface area contributed by atoms with Crippen molar-refractivity contribution < 1.29 is 13.3 Å². The van der Waals surface area contributed by atoms with Gasteiger partial charge in [-0.3, -0.25) is 0 Å². The smallest absolute Gasteiger partial charge is 0.143 e. The summed E-state index contributed by atoms with van der Waals surface area (Å²) in [4.78, 5) is 4.57. The highest BCUT2D eigenvalue weighted by atomic mass is 16.3. The molecule has 3 heterocycles. The van der Waals surface area contributed by atoms with Crippen molar-refractivity contribution in [2.24, 2.45) is 0 Å². The lowest BCUT2D eigenvalue weighted by atomic mass is 9.96. The van der Waals surface area contributed by atoms with Crippen molar-refractivity contribution in [1.29, 1.82) is 0 Å². The molecule has 0 amide bonds. The van der Waals surface area contributed by atoms with Crippen LogP contribution >= 0.6 is 0 Å². The first-order valence-corrected chi connectivity index (χ1v) is 20.6. The van der Waals surface area contributed by atoms with Gasteiger partial charge in [0, 0.05) is 90.0 Å². The van der Waals surface area contributed by atoms with Gasteiger partial charge in [-0.25, -0.2) is 0 Å². The minimum Gasteiger partial charge on any atom is -0.456 e. The lowest BCUT2D eigenvalue weighted by Crippen LogP contribution is -2.09. The molecule has 13 aromatic rings. The van der Waals surface area contributed by atoms with Gasteiger partial charge in [0.2, 0.25) is 0 Å². The van der Waals surface area contributed by atoms with Crippen molar-refractivity contribution >= 4 is 121 Å². The third-order valence-electron chi connectivity index (χ3n) is 12.2. The normalized spacial score (nSPS) is 11.9. The molecule has 0 aliphatic heterocycles. The largest absolute Gasteiger partial charge is 0.456 e. The Morgan fingerprint density at radius 2 is 0.623 bits per heavy atom. The highest BCUT2D eigenvalue weighted by Gasteiger charge is 2.22. The fraction of sp³-hybridized carbons (Fsp3) is 0. The predicted octanol–water partition coefficient (Wildman–Crippen LogP) is 16.6. The van der Waals surface area contributed by atoms with Gasteiger partial charge in [-0.2, -0.15) is 0 Å². The Labute approximate surface area is 349 Å². The van der Waals surface area contributed by atoms with Gasteiger partial charge in [0.25, 0.3) is 0 Å². The van der Waals surface area contributed by atoms with Gasteiger partial charge in [-0.05, 0) is 107 Å². The summed E-state index contributed by atoms with van der Waals surface area (Å²) in [5, 5.41) is 11.1. The van der Waals surface area contributed by atoms with E-state index >= 15 is 0 Å². The minimum absolute atomic E-state index is 0.824. The number of anilines is 6. The van der Waals surface area contributed by atoms with Crippen molar-refractivity contribution in [2.75, 3.05) is 9.80 Å². The molecule has 3 aromatic heterocycles. The lowest BCUT2D eigenvalue weighted by Gasteiger charge is -2.26. The van der Waals surface area contributed by atoms with Gasteiger partial charge in [-0.1, -0.05) is 97.1 Å². The van der Waals surface area contributed by atoms with Gasteiger partial charge in [-0.15, -0.1) is 0 Å². The number of hydrogen-bond acceptors (Lipinski definition) is 5. The highest BCUT2D eigenvalue weighted by molar-refractivity contribution is 6.30. The van der Waals surface area contributed by atoms with E-state index < -0.39 is 0 Å². The maximum Gasteiger partial charge on any atom is 0.143 e. The summed E-state index contributed by atoms with van der Waals surface area (Å²) in [5.74, 6) is 0. The Hall–Kier alpha value is -8.28. The third kappa shape index (κ3) is 5.21. The molecule has 0 spiro atoms. The molecule has 61 heavy (non-hydrogen) atoms. The van der Waals surface area contributed by atoms with Crippen LogP contribution in [0.25, 0.3) is 87.4 Å². The van der Waals surface area contributed by atoms with Crippen LogP contribution in [0.4, 0.5) is 34.1 Å². The molecular formula is C56H34N2O3. The first-order chi connectivity index (χ1) is 30.2. The van der Waals surface area contributed by atoms with Crippen molar-refractivity contribution in [1.82, 2.24) is 0 Å². The van der Waals surface area contributed by atoms with Gasteiger partial charge >= 0.3 is 0 Å². The Bertz CT molecular complexity index is 3840. The van der Waals surface area contributed by atoms with Crippen LogP contribution in [0.3, 0.4) is 0 Å². The maximum atomic E-state index is 7.02. The minimum atomic E-state index is 0.824. The summed E-state index contributed by atoms with van der Waals surface area (Å²) in [6.07, 6.45) is 0. The van der Waals surface area contributed by atoms with E-state index in [9.17, 15) is 0 Å². The molecule has 0 atom stereocenters. The average Bonchev–Trinajstić information content (AvgIpc) is 4.01. The Balaban J connectivity index is 0.989. The summed E-state index contributed by atoms with van der Waals surface area (Å²) in [6, 6.07) is 72.4. The number of para-hydroxylation sites is 4. The van der Waals surface area contributed by atoms with Crippen LogP contribution in [0.15, 0.2) is 220 Å². The molecule has 0 N–H and O–H groups in total. The van der Waals surface area contributed by atoms with Crippen LogP contribution in [-0.4, -0.2) is 0 Å². The van der Waals surface area contributed by atoms with Crippen LogP contribution in [0.5, 0.6) is 0 Å². The van der Waals surface area contributed by atoms with Gasteiger partial charge in [0.05, 0.1) is 0 Å². The highest BCUT2D eigenvalue weighted by Crippen LogP contribution is 2.46. The van der Waals surface area contributed by atoms with Gasteiger partial charge in [0.1, 0.15) is 33.5 Å². The second kappa shape index (κ2) is 13.1. The van der Waals surface area contributed by atoms with E-state index in [1.54, 1.807) is 0 Å². The van der Waals surface area contributed by atoms with E-state index in [1.807, 2.05) is 30.3 Å². The number of hydrogen-bond donors (Lipinski definition) is 0. The molecule has 5 heteroatoms. The molecular weight excluding hydrogens is 749 g/mol. The number of rotatable bonds is 6. The molecule has 10 aromatic carbocycles. The summed E-state index contributed by atoms with van der Waals surface area (Å²) < 4.78 is 19.8. The predicted molar refractivity (Wildman–Crippen MR) is 253 cm³/mol. The second-order valence-electron chi connectivity index (χ2n) is 15.7. The molecule has 0 radical (unpaired) electrons. The van der Waals surface area contributed by atoms with Crippen molar-refractivity contribution in [3.8, 4) is 0 Å².